The lowest BCUT2D eigenvalue weighted by Crippen LogP contribution is -2.48. The van der Waals surface area contributed by atoms with Gasteiger partial charge < -0.3 is 16.4 Å². The Morgan fingerprint density at radius 1 is 1.26 bits per heavy atom. The van der Waals surface area contributed by atoms with Crippen molar-refractivity contribution < 1.29 is 4.79 Å². The maximum Gasteiger partial charge on any atom is 0.221 e. The molecule has 1 heterocycles. The van der Waals surface area contributed by atoms with E-state index >= 15 is 0 Å². The number of amides is 1. The van der Waals surface area contributed by atoms with Crippen LogP contribution in [0.25, 0.3) is 0 Å². The van der Waals surface area contributed by atoms with Gasteiger partial charge in [-0.25, -0.2) is 0 Å². The molecule has 19 heavy (non-hydrogen) atoms. The maximum atomic E-state index is 11.1. The Bertz CT molecular complexity index is 441. The summed E-state index contributed by atoms with van der Waals surface area (Å²) in [5.74, 6) is -0.317. The standard InChI is InChI=1S/C14H22N4O/c1-11(14(16)19)10-17-6-8-18(9-7-17)13-5-3-2-4-12(13)15/h2-5,11H,6-10,15H2,1H3,(H2,16,19). The van der Waals surface area contributed by atoms with Gasteiger partial charge in [-0.1, -0.05) is 19.1 Å². The minimum Gasteiger partial charge on any atom is -0.397 e. The number of anilines is 2. The number of para-hydroxylation sites is 2. The number of piperazine rings is 1. The van der Waals surface area contributed by atoms with Crippen molar-refractivity contribution in [3.63, 3.8) is 0 Å². The number of carbonyl (C=O) groups excluding carboxylic acids is 1. The highest BCUT2D eigenvalue weighted by Gasteiger charge is 2.21. The molecule has 4 N–H and O–H groups in total. The molecule has 5 nitrogen and oxygen atoms in total. The van der Waals surface area contributed by atoms with Crippen LogP contribution in [0.5, 0.6) is 0 Å². The maximum absolute atomic E-state index is 11.1. The van der Waals surface area contributed by atoms with Crippen molar-refractivity contribution in [2.24, 2.45) is 11.7 Å². The number of nitrogens with zero attached hydrogens (tertiary/aromatic N) is 2. The van der Waals surface area contributed by atoms with Crippen LogP contribution in [0.1, 0.15) is 6.92 Å². The Morgan fingerprint density at radius 2 is 1.89 bits per heavy atom. The molecular weight excluding hydrogens is 240 g/mol. The van der Waals surface area contributed by atoms with Gasteiger partial charge in [0.2, 0.25) is 5.91 Å². The van der Waals surface area contributed by atoms with E-state index in [-0.39, 0.29) is 11.8 Å². The molecule has 1 saturated heterocycles. The van der Waals surface area contributed by atoms with E-state index < -0.39 is 0 Å². The van der Waals surface area contributed by atoms with Gasteiger partial charge in [-0.05, 0) is 12.1 Å². The summed E-state index contributed by atoms with van der Waals surface area (Å²) in [4.78, 5) is 15.6. The summed E-state index contributed by atoms with van der Waals surface area (Å²) in [6, 6.07) is 7.94. The third kappa shape index (κ3) is 3.38. The second-order valence-corrected chi connectivity index (χ2v) is 5.15. The first-order valence-electron chi connectivity index (χ1n) is 6.69. The van der Waals surface area contributed by atoms with E-state index in [2.05, 4.69) is 15.9 Å². The molecule has 104 valence electrons. The van der Waals surface area contributed by atoms with E-state index in [4.69, 9.17) is 11.5 Å². The predicted molar refractivity (Wildman–Crippen MR) is 77.9 cm³/mol. The minimum absolute atomic E-state index is 0.0895. The molecule has 1 fully saturated rings. The molecule has 2 rings (SSSR count). The first-order chi connectivity index (χ1) is 9.08. The number of hydrogen-bond acceptors (Lipinski definition) is 4. The van der Waals surface area contributed by atoms with Crippen molar-refractivity contribution >= 4 is 17.3 Å². The summed E-state index contributed by atoms with van der Waals surface area (Å²) >= 11 is 0. The number of nitrogens with two attached hydrogens (primary N) is 2. The number of rotatable bonds is 4. The molecule has 1 aliphatic heterocycles. The molecule has 1 amide bonds. The number of benzene rings is 1. The Hall–Kier alpha value is -1.75. The summed E-state index contributed by atoms with van der Waals surface area (Å²) in [5, 5.41) is 0. The molecule has 0 radical (unpaired) electrons. The van der Waals surface area contributed by atoms with Gasteiger partial charge in [0.05, 0.1) is 11.4 Å². The minimum atomic E-state index is -0.227. The summed E-state index contributed by atoms with van der Waals surface area (Å²) in [6.45, 7) is 6.36. The number of nitrogen functional groups attached to an aromatic ring is 1. The van der Waals surface area contributed by atoms with Crippen LogP contribution in [0.15, 0.2) is 24.3 Å². The van der Waals surface area contributed by atoms with Crippen LogP contribution in [0.3, 0.4) is 0 Å². The zero-order chi connectivity index (χ0) is 13.8. The van der Waals surface area contributed by atoms with Gasteiger partial charge in [0.1, 0.15) is 0 Å². The largest absolute Gasteiger partial charge is 0.397 e. The zero-order valence-electron chi connectivity index (χ0n) is 11.4. The fourth-order valence-electron chi connectivity index (χ4n) is 2.42. The highest BCUT2D eigenvalue weighted by Crippen LogP contribution is 2.23. The molecule has 0 bridgehead atoms. The second-order valence-electron chi connectivity index (χ2n) is 5.15. The quantitative estimate of drug-likeness (QED) is 0.775. The smallest absolute Gasteiger partial charge is 0.221 e. The van der Waals surface area contributed by atoms with E-state index in [1.165, 1.54) is 0 Å². The lowest BCUT2D eigenvalue weighted by molar-refractivity contribution is -0.121. The molecule has 1 aromatic rings. The van der Waals surface area contributed by atoms with Crippen LogP contribution < -0.4 is 16.4 Å². The lowest BCUT2D eigenvalue weighted by atomic mass is 10.1. The molecule has 0 aromatic heterocycles. The highest BCUT2D eigenvalue weighted by molar-refractivity contribution is 5.76. The third-order valence-electron chi connectivity index (χ3n) is 3.67. The van der Waals surface area contributed by atoms with Gasteiger partial charge in [-0.3, -0.25) is 9.69 Å². The van der Waals surface area contributed by atoms with Crippen LogP contribution in [-0.2, 0) is 4.79 Å². The van der Waals surface area contributed by atoms with E-state index in [1.54, 1.807) is 0 Å². The Morgan fingerprint density at radius 3 is 2.47 bits per heavy atom. The fraction of sp³-hybridized carbons (Fsp3) is 0.500. The van der Waals surface area contributed by atoms with E-state index in [1.807, 2.05) is 25.1 Å². The van der Waals surface area contributed by atoms with Crippen molar-refractivity contribution in [3.05, 3.63) is 24.3 Å². The predicted octanol–water partition coefficient (Wildman–Crippen LogP) is 0.512. The van der Waals surface area contributed by atoms with E-state index in [9.17, 15) is 4.79 Å². The number of carbonyl (C=O) groups is 1. The van der Waals surface area contributed by atoms with E-state index in [0.717, 1.165) is 44.1 Å². The summed E-state index contributed by atoms with van der Waals surface area (Å²) < 4.78 is 0. The van der Waals surface area contributed by atoms with Crippen molar-refractivity contribution in [2.75, 3.05) is 43.4 Å². The molecule has 0 spiro atoms. The first kappa shape index (κ1) is 13.7. The fourth-order valence-corrected chi connectivity index (χ4v) is 2.42. The Balaban J connectivity index is 1.89. The Kier molecular flexibility index (Phi) is 4.27. The molecule has 5 heteroatoms. The monoisotopic (exact) mass is 262 g/mol. The summed E-state index contributed by atoms with van der Waals surface area (Å²) in [5.41, 5.74) is 13.2. The van der Waals surface area contributed by atoms with Gasteiger partial charge in [-0.2, -0.15) is 0 Å². The molecule has 0 saturated carbocycles. The summed E-state index contributed by atoms with van der Waals surface area (Å²) in [7, 11) is 0. The van der Waals surface area contributed by atoms with Gasteiger partial charge in [0.15, 0.2) is 0 Å². The Labute approximate surface area is 114 Å². The molecule has 1 aromatic carbocycles. The average Bonchev–Trinajstić information content (AvgIpc) is 2.40. The van der Waals surface area contributed by atoms with Gasteiger partial charge in [-0.15, -0.1) is 0 Å². The van der Waals surface area contributed by atoms with Gasteiger partial charge >= 0.3 is 0 Å². The highest BCUT2D eigenvalue weighted by atomic mass is 16.1. The van der Waals surface area contributed by atoms with Crippen LogP contribution >= 0.6 is 0 Å². The van der Waals surface area contributed by atoms with Crippen LogP contribution in [0.4, 0.5) is 11.4 Å². The molecule has 1 atom stereocenters. The number of hydrogen-bond donors (Lipinski definition) is 2. The van der Waals surface area contributed by atoms with Crippen molar-refractivity contribution in [2.45, 2.75) is 6.92 Å². The third-order valence-corrected chi connectivity index (χ3v) is 3.67. The van der Waals surface area contributed by atoms with Crippen molar-refractivity contribution in [3.8, 4) is 0 Å². The second kappa shape index (κ2) is 5.93. The van der Waals surface area contributed by atoms with Crippen LogP contribution in [0, 0.1) is 5.92 Å². The molecule has 0 aliphatic carbocycles. The molecular formula is C14H22N4O. The van der Waals surface area contributed by atoms with Crippen LogP contribution in [-0.4, -0.2) is 43.5 Å². The topological polar surface area (TPSA) is 75.6 Å². The average molecular weight is 262 g/mol. The normalized spacial score (nSPS) is 18.3. The SMILES string of the molecule is CC(CN1CCN(c2ccccc2N)CC1)C(N)=O. The number of primary amides is 1. The summed E-state index contributed by atoms with van der Waals surface area (Å²) in [6.07, 6.45) is 0. The first-order valence-corrected chi connectivity index (χ1v) is 6.69. The zero-order valence-corrected chi connectivity index (χ0v) is 11.4. The van der Waals surface area contributed by atoms with Crippen LogP contribution in [0.2, 0.25) is 0 Å². The lowest BCUT2D eigenvalue weighted by Gasteiger charge is -2.37. The van der Waals surface area contributed by atoms with Crippen molar-refractivity contribution in [1.29, 1.82) is 0 Å². The molecule has 1 unspecified atom stereocenters. The van der Waals surface area contributed by atoms with Gasteiger partial charge in [0.25, 0.3) is 0 Å². The van der Waals surface area contributed by atoms with E-state index in [0.29, 0.717) is 0 Å². The van der Waals surface area contributed by atoms with Gasteiger partial charge in [0, 0.05) is 38.6 Å². The van der Waals surface area contributed by atoms with Crippen molar-refractivity contribution in [1.82, 2.24) is 4.90 Å². The molecule has 1 aliphatic rings.